The second-order valence-corrected chi connectivity index (χ2v) is 8.50. The summed E-state index contributed by atoms with van der Waals surface area (Å²) in [5, 5.41) is 0.608. The number of rotatable bonds is 8. The topological polar surface area (TPSA) is 102 Å². The van der Waals surface area contributed by atoms with E-state index in [0.29, 0.717) is 24.7 Å². The first-order chi connectivity index (χ1) is 15.9. The number of unbranched alkanes of at least 4 members (excludes halogenated alkanes) is 1. The average Bonchev–Trinajstić information content (AvgIpc) is 3.08. The third-order valence-corrected chi connectivity index (χ3v) is 5.98. The lowest BCUT2D eigenvalue weighted by molar-refractivity contribution is 0.600. The van der Waals surface area contributed by atoms with Crippen molar-refractivity contribution in [2.45, 2.75) is 39.4 Å². The predicted octanol–water partition coefficient (Wildman–Crippen LogP) is 3.67. The van der Waals surface area contributed by atoms with Crippen LogP contribution in [-0.4, -0.2) is 19.1 Å². The number of aromatic amines is 1. The zero-order valence-corrected chi connectivity index (χ0v) is 19.5. The quantitative estimate of drug-likeness (QED) is 0.412. The Morgan fingerprint density at radius 2 is 1.88 bits per heavy atom. The van der Waals surface area contributed by atoms with Crippen LogP contribution in [0.1, 0.15) is 31.2 Å². The van der Waals surface area contributed by atoms with Crippen LogP contribution in [0.2, 0.25) is 5.02 Å². The van der Waals surface area contributed by atoms with E-state index in [1.807, 2.05) is 72.0 Å². The molecular formula is C24H27ClN6O2. The van der Waals surface area contributed by atoms with Gasteiger partial charge in [-0.25, -0.2) is 9.78 Å². The molecule has 0 saturated heterocycles. The minimum absolute atomic E-state index is 0.162. The fraction of sp³-hybridized carbons (Fsp3) is 0.292. The molecule has 4 aromatic rings. The van der Waals surface area contributed by atoms with E-state index in [2.05, 4.69) is 4.98 Å². The van der Waals surface area contributed by atoms with Gasteiger partial charge in [-0.05, 0) is 30.2 Å². The number of nitrogens with zero attached hydrogens (tertiary/aromatic N) is 4. The van der Waals surface area contributed by atoms with Gasteiger partial charge in [0.25, 0.3) is 5.56 Å². The molecule has 2 aromatic heterocycles. The summed E-state index contributed by atoms with van der Waals surface area (Å²) in [5.41, 5.74) is 8.39. The third-order valence-electron chi connectivity index (χ3n) is 5.75. The molecule has 2 heterocycles. The number of H-pyrrole nitrogens is 1. The van der Waals surface area contributed by atoms with Gasteiger partial charge < -0.3 is 15.2 Å². The fourth-order valence-corrected chi connectivity index (χ4v) is 4.14. The highest BCUT2D eigenvalue weighted by molar-refractivity contribution is 6.31. The van der Waals surface area contributed by atoms with Crippen molar-refractivity contribution in [1.82, 2.24) is 19.1 Å². The highest BCUT2D eigenvalue weighted by atomic mass is 35.5. The van der Waals surface area contributed by atoms with E-state index in [1.54, 1.807) is 0 Å². The first-order valence-electron chi connectivity index (χ1n) is 10.9. The summed E-state index contributed by atoms with van der Waals surface area (Å²) in [5.74, 6) is 0.906. The van der Waals surface area contributed by atoms with Crippen LogP contribution in [-0.2, 0) is 26.7 Å². The van der Waals surface area contributed by atoms with Gasteiger partial charge in [0.2, 0.25) is 0 Å². The van der Waals surface area contributed by atoms with E-state index >= 15 is 0 Å². The van der Waals surface area contributed by atoms with E-state index in [1.165, 1.54) is 4.57 Å². The minimum Gasteiger partial charge on any atom is -0.383 e. The normalized spacial score (nSPS) is 11.2. The summed E-state index contributed by atoms with van der Waals surface area (Å²) >= 11 is 6.15. The number of benzene rings is 2. The summed E-state index contributed by atoms with van der Waals surface area (Å²) < 4.78 is 3.41. The summed E-state index contributed by atoms with van der Waals surface area (Å²) in [6, 6.07) is 15.4. The number of hydrogen-bond acceptors (Lipinski definition) is 5. The highest BCUT2D eigenvalue weighted by Gasteiger charge is 2.21. The average molecular weight is 467 g/mol. The van der Waals surface area contributed by atoms with Crippen molar-refractivity contribution in [2.75, 3.05) is 10.6 Å². The predicted molar refractivity (Wildman–Crippen MR) is 133 cm³/mol. The van der Waals surface area contributed by atoms with Gasteiger partial charge in [-0.2, -0.15) is 0 Å². The smallest absolute Gasteiger partial charge is 0.330 e. The molecule has 0 atom stereocenters. The van der Waals surface area contributed by atoms with Gasteiger partial charge in [0, 0.05) is 25.2 Å². The molecule has 33 heavy (non-hydrogen) atoms. The van der Waals surface area contributed by atoms with Crippen molar-refractivity contribution in [1.29, 1.82) is 0 Å². The molecule has 0 bridgehead atoms. The van der Waals surface area contributed by atoms with Crippen LogP contribution in [0.4, 0.5) is 11.5 Å². The Hall–Kier alpha value is -3.52. The highest BCUT2D eigenvalue weighted by Crippen LogP contribution is 2.25. The molecule has 0 aliphatic rings. The molecule has 172 valence electrons. The Morgan fingerprint density at radius 3 is 2.61 bits per heavy atom. The number of anilines is 2. The summed E-state index contributed by atoms with van der Waals surface area (Å²) in [7, 11) is 1.93. The molecule has 0 fully saturated rings. The van der Waals surface area contributed by atoms with Crippen molar-refractivity contribution in [2.24, 2.45) is 7.05 Å². The van der Waals surface area contributed by atoms with Crippen LogP contribution in [0.5, 0.6) is 0 Å². The second kappa shape index (κ2) is 9.54. The van der Waals surface area contributed by atoms with Crippen LogP contribution in [0.3, 0.4) is 0 Å². The Kier molecular flexibility index (Phi) is 6.55. The lowest BCUT2D eigenvalue weighted by Gasteiger charge is -2.26. The van der Waals surface area contributed by atoms with Crippen molar-refractivity contribution in [3.8, 4) is 0 Å². The van der Waals surface area contributed by atoms with E-state index in [4.69, 9.17) is 22.3 Å². The zero-order chi connectivity index (χ0) is 23.5. The molecule has 0 aliphatic heterocycles. The van der Waals surface area contributed by atoms with Crippen LogP contribution in [0, 0.1) is 0 Å². The number of nitrogen functional groups attached to an aromatic ring is 1. The summed E-state index contributed by atoms with van der Waals surface area (Å²) in [6.45, 7) is 3.21. The summed E-state index contributed by atoms with van der Waals surface area (Å²) in [6.07, 6.45) is 1.68. The van der Waals surface area contributed by atoms with Gasteiger partial charge in [-0.1, -0.05) is 55.3 Å². The van der Waals surface area contributed by atoms with Crippen molar-refractivity contribution in [3.05, 3.63) is 85.8 Å². The van der Waals surface area contributed by atoms with E-state index in [0.717, 1.165) is 35.3 Å². The van der Waals surface area contributed by atoms with Gasteiger partial charge in [0.15, 0.2) is 0 Å². The first kappa shape index (κ1) is 22.7. The van der Waals surface area contributed by atoms with Gasteiger partial charge >= 0.3 is 5.69 Å². The molecule has 0 radical (unpaired) electrons. The lowest BCUT2D eigenvalue weighted by Crippen LogP contribution is -2.38. The molecule has 4 rings (SSSR count). The Bertz CT molecular complexity index is 1390. The van der Waals surface area contributed by atoms with Crippen LogP contribution >= 0.6 is 11.6 Å². The molecular weight excluding hydrogens is 440 g/mol. The second-order valence-electron chi connectivity index (χ2n) is 8.06. The molecule has 0 spiro atoms. The van der Waals surface area contributed by atoms with E-state index in [9.17, 15) is 9.59 Å². The Balaban J connectivity index is 1.82. The summed E-state index contributed by atoms with van der Waals surface area (Å²) in [4.78, 5) is 34.5. The van der Waals surface area contributed by atoms with Crippen LogP contribution < -0.4 is 21.9 Å². The van der Waals surface area contributed by atoms with Gasteiger partial charge in [0.1, 0.15) is 17.3 Å². The maximum atomic E-state index is 13.0. The Morgan fingerprint density at radius 1 is 1.12 bits per heavy atom. The van der Waals surface area contributed by atoms with Crippen molar-refractivity contribution in [3.63, 3.8) is 0 Å². The molecule has 0 aliphatic carbocycles. The number of nitrogens with one attached hydrogen (secondary N) is 1. The monoisotopic (exact) mass is 466 g/mol. The lowest BCUT2D eigenvalue weighted by atomic mass is 10.2. The Labute approximate surface area is 196 Å². The molecule has 0 amide bonds. The van der Waals surface area contributed by atoms with Gasteiger partial charge in [-0.3, -0.25) is 14.3 Å². The van der Waals surface area contributed by atoms with Crippen molar-refractivity contribution < 1.29 is 0 Å². The maximum absolute atomic E-state index is 13.0. The third kappa shape index (κ3) is 4.66. The number of fused-ring (bicyclic) bond motifs is 1. The molecule has 0 saturated carbocycles. The minimum atomic E-state index is -0.511. The molecule has 8 nitrogen and oxygen atoms in total. The largest absolute Gasteiger partial charge is 0.383 e. The number of aromatic nitrogens is 4. The number of aryl methyl sites for hydroxylation is 1. The van der Waals surface area contributed by atoms with E-state index < -0.39 is 11.2 Å². The molecule has 3 N–H and O–H groups in total. The van der Waals surface area contributed by atoms with Gasteiger partial charge in [0.05, 0.1) is 17.6 Å². The SMILES string of the molecule is CCCCn1c(N)c(N(Cc2ccccc2)Cc2nc3cc(Cl)ccc3n2C)c(=O)[nH]c1=O. The number of imidazole rings is 1. The molecule has 0 unspecified atom stereocenters. The van der Waals surface area contributed by atoms with Crippen LogP contribution in [0.25, 0.3) is 11.0 Å². The van der Waals surface area contributed by atoms with E-state index in [-0.39, 0.29) is 11.5 Å². The molecule has 2 aromatic carbocycles. The fourth-order valence-electron chi connectivity index (χ4n) is 3.97. The first-order valence-corrected chi connectivity index (χ1v) is 11.3. The maximum Gasteiger partial charge on any atom is 0.330 e. The van der Waals surface area contributed by atoms with Crippen LogP contribution in [0.15, 0.2) is 58.1 Å². The van der Waals surface area contributed by atoms with Gasteiger partial charge in [-0.15, -0.1) is 0 Å². The standard InChI is InChI=1S/C24H27ClN6O2/c1-3-4-12-31-22(26)21(23(32)28-24(31)33)30(14-16-8-6-5-7-9-16)15-20-27-18-13-17(25)10-11-19(18)29(20)2/h5-11,13H,3-4,12,14-15,26H2,1-2H3,(H,28,32,33). The number of halogens is 1. The number of nitrogens with two attached hydrogens (primary N) is 1. The number of hydrogen-bond donors (Lipinski definition) is 2. The zero-order valence-electron chi connectivity index (χ0n) is 18.7. The molecule has 9 heteroatoms. The van der Waals surface area contributed by atoms with Crippen molar-refractivity contribution >= 4 is 34.1 Å².